The highest BCUT2D eigenvalue weighted by molar-refractivity contribution is 9.09. The van der Waals surface area contributed by atoms with Crippen LogP contribution in [0.2, 0.25) is 5.02 Å². The highest BCUT2D eigenvalue weighted by atomic mass is 79.9. The highest BCUT2D eigenvalue weighted by Gasteiger charge is 2.21. The van der Waals surface area contributed by atoms with Gasteiger partial charge in [-0.1, -0.05) is 73.0 Å². The SMILES string of the molecule is CCCCCCCCC(Br)c1cc(Cl)cc2c1OCC2. The summed E-state index contributed by atoms with van der Waals surface area (Å²) in [7, 11) is 0. The van der Waals surface area contributed by atoms with Crippen LogP contribution in [0.4, 0.5) is 0 Å². The van der Waals surface area contributed by atoms with Gasteiger partial charge in [-0.3, -0.25) is 0 Å². The van der Waals surface area contributed by atoms with Gasteiger partial charge in [0.2, 0.25) is 0 Å². The lowest BCUT2D eigenvalue weighted by Crippen LogP contribution is -1.96. The van der Waals surface area contributed by atoms with Gasteiger partial charge >= 0.3 is 0 Å². The summed E-state index contributed by atoms with van der Waals surface area (Å²) in [5.74, 6) is 1.07. The molecule has 112 valence electrons. The van der Waals surface area contributed by atoms with Gasteiger partial charge in [-0.05, 0) is 24.1 Å². The van der Waals surface area contributed by atoms with Gasteiger partial charge in [0.25, 0.3) is 0 Å². The van der Waals surface area contributed by atoms with Crippen molar-refractivity contribution in [1.82, 2.24) is 0 Å². The van der Waals surface area contributed by atoms with Crippen LogP contribution < -0.4 is 4.74 Å². The van der Waals surface area contributed by atoms with E-state index < -0.39 is 0 Å². The quantitative estimate of drug-likeness (QED) is 0.382. The monoisotopic (exact) mass is 358 g/mol. The molecule has 0 spiro atoms. The Labute approximate surface area is 136 Å². The zero-order valence-electron chi connectivity index (χ0n) is 12.3. The van der Waals surface area contributed by atoms with Gasteiger partial charge in [-0.2, -0.15) is 0 Å². The Kier molecular flexibility index (Phi) is 6.70. The van der Waals surface area contributed by atoms with E-state index in [9.17, 15) is 0 Å². The van der Waals surface area contributed by atoms with E-state index in [0.29, 0.717) is 4.83 Å². The van der Waals surface area contributed by atoms with Crippen LogP contribution in [-0.4, -0.2) is 6.61 Å². The number of alkyl halides is 1. The van der Waals surface area contributed by atoms with Gasteiger partial charge in [0, 0.05) is 21.8 Å². The molecule has 0 saturated heterocycles. The third-order valence-corrected chi connectivity index (χ3v) is 5.10. The molecule has 2 rings (SSSR count). The fraction of sp³-hybridized carbons (Fsp3) is 0.647. The van der Waals surface area contributed by atoms with Crippen LogP contribution in [0.15, 0.2) is 12.1 Å². The van der Waals surface area contributed by atoms with E-state index in [1.165, 1.54) is 49.7 Å². The molecule has 0 amide bonds. The van der Waals surface area contributed by atoms with E-state index in [1.54, 1.807) is 0 Å². The smallest absolute Gasteiger partial charge is 0.127 e. The van der Waals surface area contributed by atoms with Crippen molar-refractivity contribution >= 4 is 27.5 Å². The summed E-state index contributed by atoms with van der Waals surface area (Å²) < 4.78 is 5.78. The van der Waals surface area contributed by atoms with Gasteiger partial charge in [-0.15, -0.1) is 0 Å². The molecular formula is C17H24BrClO. The standard InChI is InChI=1S/C17H24BrClO/c1-2-3-4-5-6-7-8-16(18)15-12-14(19)11-13-9-10-20-17(13)15/h11-12,16H,2-10H2,1H3. The molecule has 1 aromatic carbocycles. The van der Waals surface area contributed by atoms with Gasteiger partial charge in [0.15, 0.2) is 0 Å². The number of benzene rings is 1. The Balaban J connectivity index is 1.85. The second-order valence-electron chi connectivity index (χ2n) is 5.61. The molecule has 1 aliphatic rings. The van der Waals surface area contributed by atoms with Crippen molar-refractivity contribution in [2.24, 2.45) is 0 Å². The van der Waals surface area contributed by atoms with Crippen LogP contribution >= 0.6 is 27.5 Å². The maximum absolute atomic E-state index is 6.21. The lowest BCUT2D eigenvalue weighted by Gasteiger charge is -2.14. The largest absolute Gasteiger partial charge is 0.493 e. The second-order valence-corrected chi connectivity index (χ2v) is 7.15. The molecule has 1 atom stereocenters. The van der Waals surface area contributed by atoms with E-state index in [2.05, 4.69) is 28.9 Å². The Morgan fingerprint density at radius 2 is 1.95 bits per heavy atom. The number of halogens is 2. The first-order valence-corrected chi connectivity index (χ1v) is 9.11. The first-order valence-electron chi connectivity index (χ1n) is 7.81. The summed E-state index contributed by atoms with van der Waals surface area (Å²) in [5, 5.41) is 0.830. The molecule has 1 aliphatic heterocycles. The molecule has 20 heavy (non-hydrogen) atoms. The zero-order valence-corrected chi connectivity index (χ0v) is 14.6. The molecule has 0 bridgehead atoms. The highest BCUT2D eigenvalue weighted by Crippen LogP contribution is 2.41. The number of unbranched alkanes of at least 4 members (excludes halogenated alkanes) is 5. The summed E-state index contributed by atoms with van der Waals surface area (Å²) in [5.41, 5.74) is 2.50. The van der Waals surface area contributed by atoms with Crippen molar-refractivity contribution in [2.75, 3.05) is 6.61 Å². The third-order valence-electron chi connectivity index (χ3n) is 3.93. The molecule has 0 radical (unpaired) electrons. The lowest BCUT2D eigenvalue weighted by atomic mass is 10.0. The minimum absolute atomic E-state index is 0.360. The van der Waals surface area contributed by atoms with Gasteiger partial charge in [-0.25, -0.2) is 0 Å². The first kappa shape index (κ1) is 16.2. The van der Waals surface area contributed by atoms with Crippen molar-refractivity contribution in [3.05, 3.63) is 28.3 Å². The molecule has 3 heteroatoms. The molecule has 1 heterocycles. The molecule has 1 unspecified atom stereocenters. The summed E-state index contributed by atoms with van der Waals surface area (Å²) in [6, 6.07) is 4.10. The predicted octanol–water partition coefficient (Wildman–Crippen LogP) is 6.46. The summed E-state index contributed by atoms with van der Waals surface area (Å²) in [6.07, 6.45) is 10.1. The molecule has 1 nitrogen and oxygen atoms in total. The average molecular weight is 360 g/mol. The van der Waals surface area contributed by atoms with Gasteiger partial charge in [0.1, 0.15) is 5.75 Å². The van der Waals surface area contributed by atoms with Crippen LogP contribution in [0.5, 0.6) is 5.75 Å². The van der Waals surface area contributed by atoms with Crippen LogP contribution in [-0.2, 0) is 6.42 Å². The summed E-state index contributed by atoms with van der Waals surface area (Å²) >= 11 is 10.0. The van der Waals surface area contributed by atoms with E-state index in [-0.39, 0.29) is 0 Å². The summed E-state index contributed by atoms with van der Waals surface area (Å²) in [6.45, 7) is 3.05. The molecular weight excluding hydrogens is 336 g/mol. The molecule has 0 aliphatic carbocycles. The van der Waals surface area contributed by atoms with E-state index in [0.717, 1.165) is 30.2 Å². The normalized spacial score (nSPS) is 14.9. The van der Waals surface area contributed by atoms with E-state index >= 15 is 0 Å². The lowest BCUT2D eigenvalue weighted by molar-refractivity contribution is 0.353. The number of ether oxygens (including phenoxy) is 1. The van der Waals surface area contributed by atoms with Crippen molar-refractivity contribution in [1.29, 1.82) is 0 Å². The Hall–Kier alpha value is -0.210. The van der Waals surface area contributed by atoms with Crippen molar-refractivity contribution in [3.63, 3.8) is 0 Å². The Bertz CT molecular complexity index is 433. The van der Waals surface area contributed by atoms with Crippen molar-refractivity contribution in [3.8, 4) is 5.75 Å². The molecule has 0 N–H and O–H groups in total. The predicted molar refractivity (Wildman–Crippen MR) is 90.3 cm³/mol. The Morgan fingerprint density at radius 1 is 1.20 bits per heavy atom. The Morgan fingerprint density at radius 3 is 2.75 bits per heavy atom. The van der Waals surface area contributed by atoms with Crippen molar-refractivity contribution in [2.45, 2.75) is 63.1 Å². The number of hydrogen-bond donors (Lipinski definition) is 0. The zero-order chi connectivity index (χ0) is 14.4. The fourth-order valence-corrected chi connectivity index (χ4v) is 3.70. The molecule has 1 aromatic rings. The molecule has 0 aromatic heterocycles. The second kappa shape index (κ2) is 8.29. The first-order chi connectivity index (χ1) is 9.72. The van der Waals surface area contributed by atoms with E-state index in [4.69, 9.17) is 16.3 Å². The molecule has 0 fully saturated rings. The van der Waals surface area contributed by atoms with Crippen LogP contribution in [0.1, 0.15) is 67.8 Å². The number of fused-ring (bicyclic) bond motifs is 1. The van der Waals surface area contributed by atoms with Gasteiger partial charge < -0.3 is 4.74 Å². The fourth-order valence-electron chi connectivity index (χ4n) is 2.79. The minimum atomic E-state index is 0.360. The number of rotatable bonds is 8. The number of hydrogen-bond acceptors (Lipinski definition) is 1. The van der Waals surface area contributed by atoms with Crippen LogP contribution in [0.3, 0.4) is 0 Å². The van der Waals surface area contributed by atoms with Gasteiger partial charge in [0.05, 0.1) is 6.61 Å². The van der Waals surface area contributed by atoms with Crippen molar-refractivity contribution < 1.29 is 4.74 Å². The van der Waals surface area contributed by atoms with Crippen LogP contribution in [0, 0.1) is 0 Å². The third kappa shape index (κ3) is 4.39. The average Bonchev–Trinajstić information content (AvgIpc) is 2.89. The van der Waals surface area contributed by atoms with Crippen LogP contribution in [0.25, 0.3) is 0 Å². The maximum atomic E-state index is 6.21. The topological polar surface area (TPSA) is 9.23 Å². The molecule has 0 saturated carbocycles. The summed E-state index contributed by atoms with van der Waals surface area (Å²) in [4.78, 5) is 0.360. The maximum Gasteiger partial charge on any atom is 0.127 e. The van der Waals surface area contributed by atoms with E-state index in [1.807, 2.05) is 6.07 Å². The minimum Gasteiger partial charge on any atom is -0.493 e.